The predicted molar refractivity (Wildman–Crippen MR) is 121 cm³/mol. The van der Waals surface area contributed by atoms with Crippen LogP contribution in [0.2, 0.25) is 0 Å². The molecule has 0 saturated heterocycles. The summed E-state index contributed by atoms with van der Waals surface area (Å²) in [6, 6.07) is 4.57. The van der Waals surface area contributed by atoms with Gasteiger partial charge in [-0.1, -0.05) is 0 Å². The molecule has 10 nitrogen and oxygen atoms in total. The molecule has 2 fully saturated rings. The van der Waals surface area contributed by atoms with Crippen LogP contribution >= 0.6 is 0 Å². The maximum atomic E-state index is 13.3. The van der Waals surface area contributed by atoms with Crippen LogP contribution in [-0.2, 0) is 0 Å². The number of hydrogen-bond donors (Lipinski definition) is 4. The normalized spacial score (nSPS) is 26.4. The molecule has 3 aromatic rings. The van der Waals surface area contributed by atoms with Crippen LogP contribution in [0.3, 0.4) is 0 Å². The second-order valence-corrected chi connectivity index (χ2v) is 8.97. The molecule has 0 spiro atoms. The number of alkyl halides is 1. The number of amides is 1. The minimum absolute atomic E-state index is 0.147. The lowest BCUT2D eigenvalue weighted by Crippen LogP contribution is -2.58. The van der Waals surface area contributed by atoms with Gasteiger partial charge in [-0.15, -0.1) is 0 Å². The Morgan fingerprint density at radius 1 is 1.36 bits per heavy atom. The van der Waals surface area contributed by atoms with Crippen LogP contribution < -0.4 is 21.5 Å². The lowest BCUT2D eigenvalue weighted by molar-refractivity contribution is -0.0486. The molecule has 0 bridgehead atoms. The van der Waals surface area contributed by atoms with Gasteiger partial charge in [-0.3, -0.25) is 9.59 Å². The zero-order valence-electron chi connectivity index (χ0n) is 18.4. The van der Waals surface area contributed by atoms with E-state index >= 15 is 0 Å². The van der Waals surface area contributed by atoms with Gasteiger partial charge in [0.15, 0.2) is 5.65 Å². The highest BCUT2D eigenvalue weighted by Gasteiger charge is 2.42. The highest BCUT2D eigenvalue weighted by atomic mass is 19.1. The molecule has 33 heavy (non-hydrogen) atoms. The number of aromatic nitrogens is 4. The van der Waals surface area contributed by atoms with E-state index in [-0.39, 0.29) is 29.1 Å². The molecule has 11 heteroatoms. The van der Waals surface area contributed by atoms with Gasteiger partial charge >= 0.3 is 0 Å². The first-order valence-electron chi connectivity index (χ1n) is 11.0. The quantitative estimate of drug-likeness (QED) is 0.448. The molecule has 3 heterocycles. The molecule has 1 amide bonds. The number of anilines is 3. The molecule has 0 aromatic carbocycles. The van der Waals surface area contributed by atoms with Gasteiger partial charge in [-0.25, -0.2) is 9.37 Å². The van der Waals surface area contributed by atoms with Crippen molar-refractivity contribution < 1.29 is 14.3 Å². The Labute approximate surface area is 188 Å². The summed E-state index contributed by atoms with van der Waals surface area (Å²) in [5.41, 5.74) is -0.330. The second kappa shape index (κ2) is 7.84. The van der Waals surface area contributed by atoms with Crippen molar-refractivity contribution in [3.63, 3.8) is 0 Å². The van der Waals surface area contributed by atoms with E-state index in [0.717, 1.165) is 0 Å². The van der Waals surface area contributed by atoms with Gasteiger partial charge in [-0.2, -0.15) is 9.61 Å². The zero-order chi connectivity index (χ0) is 23.3. The van der Waals surface area contributed by atoms with E-state index in [1.807, 2.05) is 0 Å². The number of pyridine rings is 1. The molecule has 5 rings (SSSR count). The van der Waals surface area contributed by atoms with Crippen molar-refractivity contribution in [3.05, 3.63) is 46.5 Å². The van der Waals surface area contributed by atoms with E-state index in [1.54, 1.807) is 38.4 Å². The van der Waals surface area contributed by atoms with E-state index in [2.05, 4.69) is 26.0 Å². The SMILES string of the molecule is CNc1cc(Nc2cccn([C@H]3C[C@H](F)C3)c2=O)nc2c(C(=O)N[C@H]3CC[C@]3(C)O)cnn12. The molecule has 0 unspecified atom stereocenters. The Balaban J connectivity index is 1.46. The monoisotopic (exact) mass is 455 g/mol. The highest BCUT2D eigenvalue weighted by Crippen LogP contribution is 2.34. The summed E-state index contributed by atoms with van der Waals surface area (Å²) in [5.74, 6) is 0.533. The number of carbonyl (C=O) groups excluding carboxylic acids is 1. The Bertz CT molecular complexity index is 1280. The maximum absolute atomic E-state index is 13.3. The first-order chi connectivity index (χ1) is 15.8. The minimum Gasteiger partial charge on any atom is -0.388 e. The van der Waals surface area contributed by atoms with E-state index in [1.165, 1.54) is 15.3 Å². The third-order valence-electron chi connectivity index (χ3n) is 6.65. The molecular formula is C22H26FN7O3. The number of rotatable bonds is 6. The van der Waals surface area contributed by atoms with Crippen molar-refractivity contribution in [2.24, 2.45) is 0 Å². The molecule has 2 aliphatic carbocycles. The van der Waals surface area contributed by atoms with Crippen LogP contribution in [0.5, 0.6) is 0 Å². The van der Waals surface area contributed by atoms with Crippen molar-refractivity contribution >= 4 is 28.9 Å². The molecule has 2 saturated carbocycles. The van der Waals surface area contributed by atoms with Gasteiger partial charge in [-0.05, 0) is 44.7 Å². The van der Waals surface area contributed by atoms with Crippen LogP contribution in [0.1, 0.15) is 49.0 Å². The summed E-state index contributed by atoms with van der Waals surface area (Å²) in [7, 11) is 1.71. The Kier molecular flexibility index (Phi) is 5.08. The molecule has 3 aromatic heterocycles. The van der Waals surface area contributed by atoms with Gasteiger partial charge in [0.25, 0.3) is 11.5 Å². The van der Waals surface area contributed by atoms with E-state index in [4.69, 9.17) is 0 Å². The van der Waals surface area contributed by atoms with Gasteiger partial charge in [0.05, 0.1) is 17.8 Å². The fourth-order valence-corrected chi connectivity index (χ4v) is 4.31. The number of halogens is 1. The summed E-state index contributed by atoms with van der Waals surface area (Å²) >= 11 is 0. The average Bonchev–Trinajstić information content (AvgIpc) is 3.19. The standard InChI is InChI=1S/C22H26FN7O3/c1-22(33)6-5-16(22)27-20(31)14-11-25-30-18(24-2)10-17(28-19(14)30)26-15-4-3-7-29(21(15)32)13-8-12(23)9-13/h3-4,7,10-13,16,24,33H,5-6,8-9H2,1-2H3,(H,26,28)(H,27,31)/t12-,13-,16-,22-/m0/s1. The largest absolute Gasteiger partial charge is 0.388 e. The number of hydrogen-bond acceptors (Lipinski definition) is 7. The summed E-state index contributed by atoms with van der Waals surface area (Å²) < 4.78 is 16.3. The average molecular weight is 455 g/mol. The van der Waals surface area contributed by atoms with Crippen molar-refractivity contribution in [2.45, 2.75) is 56.5 Å². The third-order valence-corrected chi connectivity index (χ3v) is 6.65. The van der Waals surface area contributed by atoms with Crippen LogP contribution in [0.25, 0.3) is 5.65 Å². The molecule has 0 aliphatic heterocycles. The van der Waals surface area contributed by atoms with Gasteiger partial charge in [0.2, 0.25) is 0 Å². The Hall–Kier alpha value is -3.47. The number of nitrogens with zero attached hydrogens (tertiary/aromatic N) is 4. The minimum atomic E-state index is -0.926. The number of carbonyl (C=O) groups is 1. The first kappa shape index (κ1) is 21.4. The number of aliphatic hydroxyl groups is 1. The van der Waals surface area contributed by atoms with Crippen LogP contribution in [-0.4, -0.2) is 55.0 Å². The molecule has 2 atom stereocenters. The van der Waals surface area contributed by atoms with Crippen LogP contribution in [0, 0.1) is 0 Å². The van der Waals surface area contributed by atoms with Gasteiger partial charge in [0, 0.05) is 25.4 Å². The molecule has 4 N–H and O–H groups in total. The predicted octanol–water partition coefficient (Wildman–Crippen LogP) is 1.99. The topological polar surface area (TPSA) is 126 Å². The fourth-order valence-electron chi connectivity index (χ4n) is 4.31. The van der Waals surface area contributed by atoms with E-state index in [9.17, 15) is 19.1 Å². The second-order valence-electron chi connectivity index (χ2n) is 8.97. The van der Waals surface area contributed by atoms with Crippen LogP contribution in [0.15, 0.2) is 35.4 Å². The van der Waals surface area contributed by atoms with Crippen molar-refractivity contribution in [3.8, 4) is 0 Å². The third kappa shape index (κ3) is 3.71. The van der Waals surface area contributed by atoms with Crippen LogP contribution in [0.4, 0.5) is 21.7 Å². The maximum Gasteiger partial charge on any atom is 0.274 e. The molecular weight excluding hydrogens is 429 g/mol. The summed E-state index contributed by atoms with van der Waals surface area (Å²) in [6.07, 6.45) is 4.22. The fraction of sp³-hybridized carbons (Fsp3) is 0.455. The number of fused-ring (bicyclic) bond motifs is 1. The van der Waals surface area contributed by atoms with Crippen molar-refractivity contribution in [2.75, 3.05) is 17.7 Å². The van der Waals surface area contributed by atoms with Gasteiger partial charge < -0.3 is 25.6 Å². The van der Waals surface area contributed by atoms with Crippen molar-refractivity contribution in [1.82, 2.24) is 24.5 Å². The Morgan fingerprint density at radius 2 is 2.15 bits per heavy atom. The van der Waals surface area contributed by atoms with E-state index in [0.29, 0.717) is 48.7 Å². The highest BCUT2D eigenvalue weighted by molar-refractivity contribution is 6.00. The van der Waals surface area contributed by atoms with Gasteiger partial charge in [0.1, 0.15) is 29.1 Å². The lowest BCUT2D eigenvalue weighted by atomic mass is 9.76. The van der Waals surface area contributed by atoms with E-state index < -0.39 is 11.8 Å². The summed E-state index contributed by atoms with van der Waals surface area (Å²) in [5, 5.41) is 23.4. The molecule has 174 valence electrons. The number of nitrogens with one attached hydrogen (secondary N) is 3. The lowest BCUT2D eigenvalue weighted by Gasteiger charge is -2.42. The molecule has 2 aliphatic rings. The zero-order valence-corrected chi connectivity index (χ0v) is 18.4. The summed E-state index contributed by atoms with van der Waals surface area (Å²) in [6.45, 7) is 1.70. The molecule has 0 radical (unpaired) electrons. The Morgan fingerprint density at radius 3 is 2.79 bits per heavy atom. The first-order valence-corrected chi connectivity index (χ1v) is 11.0. The summed E-state index contributed by atoms with van der Waals surface area (Å²) in [4.78, 5) is 30.3. The smallest absolute Gasteiger partial charge is 0.274 e. The van der Waals surface area contributed by atoms with Crippen molar-refractivity contribution in [1.29, 1.82) is 0 Å².